The van der Waals surface area contributed by atoms with Crippen molar-refractivity contribution >= 4 is 21.9 Å². The number of nitrogens with zero attached hydrogens (tertiary/aromatic N) is 2. The van der Waals surface area contributed by atoms with Gasteiger partial charge in [0.05, 0.1) is 11.6 Å². The number of hydrogen-bond donors (Lipinski definition) is 1. The van der Waals surface area contributed by atoms with Gasteiger partial charge in [-0.25, -0.2) is 4.98 Å². The van der Waals surface area contributed by atoms with Crippen molar-refractivity contribution in [2.24, 2.45) is 5.92 Å². The summed E-state index contributed by atoms with van der Waals surface area (Å²) >= 11 is 3.42. The van der Waals surface area contributed by atoms with Crippen molar-refractivity contribution in [3.63, 3.8) is 0 Å². The van der Waals surface area contributed by atoms with Crippen molar-refractivity contribution in [3.05, 3.63) is 40.1 Å². The van der Waals surface area contributed by atoms with Crippen LogP contribution in [0.3, 0.4) is 0 Å². The molecule has 2 heterocycles. The van der Waals surface area contributed by atoms with Crippen molar-refractivity contribution in [1.29, 1.82) is 0 Å². The lowest BCUT2D eigenvalue weighted by molar-refractivity contribution is -0.142. The van der Waals surface area contributed by atoms with E-state index in [-0.39, 0.29) is 5.92 Å². The predicted octanol–water partition coefficient (Wildman–Crippen LogP) is 3.27. The number of rotatable bonds is 2. The van der Waals surface area contributed by atoms with Gasteiger partial charge in [0.15, 0.2) is 0 Å². The van der Waals surface area contributed by atoms with Gasteiger partial charge in [-0.1, -0.05) is 28.1 Å². The SMILES string of the molecule is Cc1nc(-c2ccc(Br)cc2)n2c1CCC(C(=O)O)C2. The first-order chi connectivity index (χ1) is 9.56. The monoisotopic (exact) mass is 334 g/mol. The first kappa shape index (κ1) is 13.4. The van der Waals surface area contributed by atoms with Crippen molar-refractivity contribution < 1.29 is 9.90 Å². The number of imidazole rings is 1. The highest BCUT2D eigenvalue weighted by atomic mass is 79.9. The molecule has 0 saturated carbocycles. The molecule has 2 aromatic rings. The summed E-state index contributed by atoms with van der Waals surface area (Å²) < 4.78 is 3.09. The van der Waals surface area contributed by atoms with Gasteiger partial charge in [-0.3, -0.25) is 4.79 Å². The van der Waals surface area contributed by atoms with Crippen LogP contribution < -0.4 is 0 Å². The summed E-state index contributed by atoms with van der Waals surface area (Å²) in [5, 5.41) is 9.23. The highest BCUT2D eigenvalue weighted by Gasteiger charge is 2.28. The molecular weight excluding hydrogens is 320 g/mol. The third kappa shape index (κ3) is 2.26. The third-order valence-electron chi connectivity index (χ3n) is 3.86. The maximum absolute atomic E-state index is 11.2. The van der Waals surface area contributed by atoms with Gasteiger partial charge < -0.3 is 9.67 Å². The number of aromatic nitrogens is 2. The van der Waals surface area contributed by atoms with Crippen LogP contribution in [0.2, 0.25) is 0 Å². The van der Waals surface area contributed by atoms with Gasteiger partial charge in [0.2, 0.25) is 0 Å². The summed E-state index contributed by atoms with van der Waals surface area (Å²) in [5.74, 6) is -0.162. The molecule has 0 amide bonds. The highest BCUT2D eigenvalue weighted by Crippen LogP contribution is 2.30. The van der Waals surface area contributed by atoms with Crippen LogP contribution in [-0.2, 0) is 17.8 Å². The number of halogens is 1. The Hall–Kier alpha value is -1.62. The van der Waals surface area contributed by atoms with E-state index in [2.05, 4.69) is 25.5 Å². The molecule has 0 fully saturated rings. The first-order valence-corrected chi connectivity index (χ1v) is 7.40. The second-order valence-corrected chi connectivity index (χ2v) is 6.07. The Balaban J connectivity index is 2.05. The van der Waals surface area contributed by atoms with Gasteiger partial charge >= 0.3 is 5.97 Å². The normalized spacial score (nSPS) is 17.8. The van der Waals surface area contributed by atoms with Crippen molar-refractivity contribution in [1.82, 2.24) is 9.55 Å². The number of aryl methyl sites for hydroxylation is 1. The first-order valence-electron chi connectivity index (χ1n) is 6.61. The Morgan fingerprint density at radius 3 is 2.75 bits per heavy atom. The Morgan fingerprint density at radius 1 is 1.40 bits per heavy atom. The average Bonchev–Trinajstić information content (AvgIpc) is 2.76. The number of carbonyl (C=O) groups is 1. The Bertz CT molecular complexity index is 661. The zero-order valence-corrected chi connectivity index (χ0v) is 12.7. The van der Waals surface area contributed by atoms with E-state index in [1.54, 1.807) is 0 Å². The van der Waals surface area contributed by atoms with Crippen LogP contribution in [0.15, 0.2) is 28.7 Å². The van der Waals surface area contributed by atoms with E-state index in [9.17, 15) is 9.90 Å². The predicted molar refractivity (Wildman–Crippen MR) is 79.5 cm³/mol. The molecule has 4 nitrogen and oxygen atoms in total. The maximum Gasteiger partial charge on any atom is 0.308 e. The molecule has 1 aromatic carbocycles. The van der Waals surface area contributed by atoms with E-state index >= 15 is 0 Å². The second-order valence-electron chi connectivity index (χ2n) is 5.16. The molecule has 1 atom stereocenters. The molecule has 5 heteroatoms. The molecule has 1 N–H and O–H groups in total. The number of carboxylic acids is 1. The van der Waals surface area contributed by atoms with E-state index in [1.165, 1.54) is 5.69 Å². The number of benzene rings is 1. The summed E-state index contributed by atoms with van der Waals surface area (Å²) in [6, 6.07) is 7.96. The second kappa shape index (κ2) is 5.05. The van der Waals surface area contributed by atoms with Gasteiger partial charge in [-0.05, 0) is 31.9 Å². The number of carboxylic acid groups (broad SMARTS) is 1. The van der Waals surface area contributed by atoms with Crippen LogP contribution in [0.1, 0.15) is 17.8 Å². The average molecular weight is 335 g/mol. The minimum Gasteiger partial charge on any atom is -0.481 e. The molecule has 1 aliphatic heterocycles. The van der Waals surface area contributed by atoms with Crippen LogP contribution in [-0.4, -0.2) is 20.6 Å². The molecule has 20 heavy (non-hydrogen) atoms. The third-order valence-corrected chi connectivity index (χ3v) is 4.39. The molecule has 0 radical (unpaired) electrons. The fraction of sp³-hybridized carbons (Fsp3) is 0.333. The van der Waals surface area contributed by atoms with Gasteiger partial charge in [0, 0.05) is 22.3 Å². The van der Waals surface area contributed by atoms with Gasteiger partial charge in [-0.15, -0.1) is 0 Å². The lowest BCUT2D eigenvalue weighted by Gasteiger charge is -2.23. The molecular formula is C15H15BrN2O2. The summed E-state index contributed by atoms with van der Waals surface area (Å²) in [5.41, 5.74) is 3.20. The van der Waals surface area contributed by atoms with Crippen LogP contribution in [0.5, 0.6) is 0 Å². The Kier molecular flexibility index (Phi) is 3.38. The van der Waals surface area contributed by atoms with Crippen molar-refractivity contribution in [2.75, 3.05) is 0 Å². The number of hydrogen-bond acceptors (Lipinski definition) is 2. The van der Waals surface area contributed by atoms with Crippen LogP contribution >= 0.6 is 15.9 Å². The van der Waals surface area contributed by atoms with Gasteiger partial charge in [-0.2, -0.15) is 0 Å². The van der Waals surface area contributed by atoms with E-state index in [0.717, 1.165) is 28.0 Å². The van der Waals surface area contributed by atoms with E-state index in [0.29, 0.717) is 13.0 Å². The van der Waals surface area contributed by atoms with Crippen molar-refractivity contribution in [2.45, 2.75) is 26.3 Å². The van der Waals surface area contributed by atoms with E-state index in [4.69, 9.17) is 0 Å². The molecule has 0 saturated heterocycles. The topological polar surface area (TPSA) is 55.1 Å². The lowest BCUT2D eigenvalue weighted by Crippen LogP contribution is -2.27. The molecule has 1 aliphatic rings. The van der Waals surface area contributed by atoms with Crippen LogP contribution in [0.4, 0.5) is 0 Å². The molecule has 0 bridgehead atoms. The standard InChI is InChI=1S/C15H15BrN2O2/c1-9-13-7-4-11(15(19)20)8-18(13)14(17-9)10-2-5-12(16)6-3-10/h2-3,5-6,11H,4,7-8H2,1H3,(H,19,20). The molecule has 1 aromatic heterocycles. The lowest BCUT2D eigenvalue weighted by atomic mass is 9.97. The highest BCUT2D eigenvalue weighted by molar-refractivity contribution is 9.10. The van der Waals surface area contributed by atoms with E-state index < -0.39 is 5.97 Å². The Labute approximate surface area is 125 Å². The van der Waals surface area contributed by atoms with Crippen molar-refractivity contribution in [3.8, 4) is 11.4 Å². The van der Waals surface area contributed by atoms with Gasteiger partial charge in [0.25, 0.3) is 0 Å². The fourth-order valence-electron chi connectivity index (χ4n) is 2.76. The molecule has 3 rings (SSSR count). The summed E-state index contributed by atoms with van der Waals surface area (Å²) in [6.45, 7) is 2.51. The smallest absolute Gasteiger partial charge is 0.308 e. The van der Waals surface area contributed by atoms with E-state index in [1.807, 2.05) is 31.2 Å². The quantitative estimate of drug-likeness (QED) is 0.916. The maximum atomic E-state index is 11.2. The molecule has 1 unspecified atom stereocenters. The zero-order chi connectivity index (χ0) is 14.3. The van der Waals surface area contributed by atoms with Crippen LogP contribution in [0.25, 0.3) is 11.4 Å². The molecule has 104 valence electrons. The summed E-state index contributed by atoms with van der Waals surface area (Å²) in [4.78, 5) is 15.9. The minimum absolute atomic E-state index is 0.315. The van der Waals surface area contributed by atoms with Gasteiger partial charge in [0.1, 0.15) is 5.82 Å². The summed E-state index contributed by atoms with van der Waals surface area (Å²) in [7, 11) is 0. The summed E-state index contributed by atoms with van der Waals surface area (Å²) in [6.07, 6.45) is 1.48. The number of aliphatic carboxylic acids is 1. The molecule has 0 spiro atoms. The zero-order valence-electron chi connectivity index (χ0n) is 11.1. The number of fused-ring (bicyclic) bond motifs is 1. The Morgan fingerprint density at radius 2 is 2.10 bits per heavy atom. The minimum atomic E-state index is -0.719. The fourth-order valence-corrected chi connectivity index (χ4v) is 3.03. The largest absolute Gasteiger partial charge is 0.481 e. The van der Waals surface area contributed by atoms with Crippen LogP contribution in [0, 0.1) is 12.8 Å². The molecule has 0 aliphatic carbocycles.